The van der Waals surface area contributed by atoms with Crippen LogP contribution in [0.1, 0.15) is 19.4 Å². The van der Waals surface area contributed by atoms with Gasteiger partial charge in [0.2, 0.25) is 5.91 Å². The van der Waals surface area contributed by atoms with Gasteiger partial charge in [0.15, 0.2) is 6.04 Å². The molecule has 104 valence electrons. The second-order valence-electron chi connectivity index (χ2n) is 4.15. The lowest BCUT2D eigenvalue weighted by Gasteiger charge is -2.27. The molecule has 5 nitrogen and oxygen atoms in total. The van der Waals surface area contributed by atoms with E-state index in [1.807, 2.05) is 30.3 Å². The summed E-state index contributed by atoms with van der Waals surface area (Å²) in [5, 5.41) is 9.22. The van der Waals surface area contributed by atoms with Crippen LogP contribution in [-0.4, -0.2) is 41.1 Å². The first kappa shape index (κ1) is 15.2. The number of carbonyl (C=O) groups excluding carboxylic acids is 1. The van der Waals surface area contributed by atoms with Crippen LogP contribution in [0.25, 0.3) is 0 Å². The molecule has 5 heteroatoms. The highest BCUT2D eigenvalue weighted by molar-refractivity contribution is 5.82. The summed E-state index contributed by atoms with van der Waals surface area (Å²) in [6.45, 7) is 3.83. The minimum absolute atomic E-state index is 0.00174. The van der Waals surface area contributed by atoms with Crippen molar-refractivity contribution in [3.8, 4) is 0 Å². The van der Waals surface area contributed by atoms with Gasteiger partial charge in [-0.05, 0) is 12.5 Å². The molecule has 0 aliphatic carbocycles. The Morgan fingerprint density at radius 1 is 1.32 bits per heavy atom. The Morgan fingerprint density at radius 2 is 1.95 bits per heavy atom. The summed E-state index contributed by atoms with van der Waals surface area (Å²) in [7, 11) is 0. The lowest BCUT2D eigenvalue weighted by atomic mass is 10.1. The van der Waals surface area contributed by atoms with Crippen LogP contribution < -0.4 is 0 Å². The molecular formula is C14H19NO4. The summed E-state index contributed by atoms with van der Waals surface area (Å²) in [6, 6.07) is 8.33. The van der Waals surface area contributed by atoms with Crippen LogP contribution in [0, 0.1) is 0 Å². The Kier molecular flexibility index (Phi) is 6.02. The zero-order valence-corrected chi connectivity index (χ0v) is 11.2. The third-order valence-electron chi connectivity index (χ3n) is 2.74. The van der Waals surface area contributed by atoms with Crippen molar-refractivity contribution in [3.05, 3.63) is 35.9 Å². The minimum atomic E-state index is -1.06. The van der Waals surface area contributed by atoms with E-state index in [1.54, 1.807) is 6.92 Å². The average molecular weight is 265 g/mol. The monoisotopic (exact) mass is 265 g/mol. The smallest absolute Gasteiger partial charge is 0.328 e. The van der Waals surface area contributed by atoms with Crippen LogP contribution in [0.4, 0.5) is 0 Å². The molecule has 0 spiro atoms. The molecule has 0 fully saturated rings. The summed E-state index contributed by atoms with van der Waals surface area (Å²) >= 11 is 0. The fourth-order valence-corrected chi connectivity index (χ4v) is 1.75. The number of benzene rings is 1. The van der Waals surface area contributed by atoms with E-state index in [1.165, 1.54) is 11.8 Å². The first-order chi connectivity index (χ1) is 9.06. The molecule has 1 unspecified atom stereocenters. The maximum atomic E-state index is 11.7. The summed E-state index contributed by atoms with van der Waals surface area (Å²) in [4.78, 5) is 24.2. The quantitative estimate of drug-likeness (QED) is 0.811. The third-order valence-corrected chi connectivity index (χ3v) is 2.74. The number of hydrogen-bond acceptors (Lipinski definition) is 3. The zero-order valence-electron chi connectivity index (χ0n) is 11.2. The summed E-state index contributed by atoms with van der Waals surface area (Å²) in [6.07, 6.45) is 0. The standard InChI is InChI=1S/C14H19NO4/c1-3-19-10-13(14(17)18)15(11(2)16)9-12-7-5-4-6-8-12/h4-8,13H,3,9-10H2,1-2H3,(H,17,18). The molecule has 1 N–H and O–H groups in total. The van der Waals surface area contributed by atoms with E-state index in [9.17, 15) is 14.7 Å². The fraction of sp³-hybridized carbons (Fsp3) is 0.429. The Morgan fingerprint density at radius 3 is 2.42 bits per heavy atom. The van der Waals surface area contributed by atoms with Crippen LogP contribution in [0.15, 0.2) is 30.3 Å². The molecule has 0 heterocycles. The number of rotatable bonds is 7. The van der Waals surface area contributed by atoms with Crippen molar-refractivity contribution < 1.29 is 19.4 Å². The highest BCUT2D eigenvalue weighted by atomic mass is 16.5. The molecular weight excluding hydrogens is 246 g/mol. The van der Waals surface area contributed by atoms with E-state index < -0.39 is 12.0 Å². The third kappa shape index (κ3) is 4.71. The van der Waals surface area contributed by atoms with Crippen molar-refractivity contribution in [3.63, 3.8) is 0 Å². The Labute approximate surface area is 112 Å². The number of nitrogens with zero attached hydrogens (tertiary/aromatic N) is 1. The van der Waals surface area contributed by atoms with Crippen molar-refractivity contribution >= 4 is 11.9 Å². The number of amides is 1. The highest BCUT2D eigenvalue weighted by Gasteiger charge is 2.27. The lowest BCUT2D eigenvalue weighted by Crippen LogP contribution is -2.46. The van der Waals surface area contributed by atoms with Crippen LogP contribution in [0.2, 0.25) is 0 Å². The van der Waals surface area contributed by atoms with Crippen molar-refractivity contribution in [2.24, 2.45) is 0 Å². The number of carboxylic acids is 1. The zero-order chi connectivity index (χ0) is 14.3. The second-order valence-corrected chi connectivity index (χ2v) is 4.15. The van der Waals surface area contributed by atoms with Crippen molar-refractivity contribution in [1.29, 1.82) is 0 Å². The lowest BCUT2D eigenvalue weighted by molar-refractivity contribution is -0.152. The van der Waals surface area contributed by atoms with Gasteiger partial charge in [0, 0.05) is 20.1 Å². The van der Waals surface area contributed by atoms with Gasteiger partial charge in [-0.25, -0.2) is 4.79 Å². The molecule has 19 heavy (non-hydrogen) atoms. The predicted molar refractivity (Wildman–Crippen MR) is 70.6 cm³/mol. The molecule has 0 saturated carbocycles. The number of hydrogen-bond donors (Lipinski definition) is 1. The normalized spacial score (nSPS) is 11.9. The van der Waals surface area contributed by atoms with Crippen molar-refractivity contribution in [1.82, 2.24) is 4.90 Å². The molecule has 1 rings (SSSR count). The molecule has 0 aromatic heterocycles. The SMILES string of the molecule is CCOCC(C(=O)O)N(Cc1ccccc1)C(C)=O. The number of ether oxygens (including phenoxy) is 1. The maximum absolute atomic E-state index is 11.7. The largest absolute Gasteiger partial charge is 0.480 e. The van der Waals surface area contributed by atoms with Crippen LogP contribution in [-0.2, 0) is 20.9 Å². The molecule has 0 aliphatic rings. The molecule has 0 aliphatic heterocycles. The molecule has 0 saturated heterocycles. The van der Waals surface area contributed by atoms with Gasteiger partial charge in [0.1, 0.15) is 0 Å². The molecule has 0 radical (unpaired) electrons. The van der Waals surface area contributed by atoms with Gasteiger partial charge in [-0.15, -0.1) is 0 Å². The Balaban J connectivity index is 2.85. The molecule has 1 amide bonds. The van der Waals surface area contributed by atoms with E-state index >= 15 is 0 Å². The van der Waals surface area contributed by atoms with E-state index in [0.717, 1.165) is 5.56 Å². The highest BCUT2D eigenvalue weighted by Crippen LogP contribution is 2.10. The number of carboxylic acid groups (broad SMARTS) is 1. The minimum Gasteiger partial charge on any atom is -0.480 e. The van der Waals surface area contributed by atoms with Crippen LogP contribution >= 0.6 is 0 Å². The topological polar surface area (TPSA) is 66.8 Å². The van der Waals surface area contributed by atoms with E-state index in [4.69, 9.17) is 4.74 Å². The second kappa shape index (κ2) is 7.53. The van der Waals surface area contributed by atoms with Crippen molar-refractivity contribution in [2.45, 2.75) is 26.4 Å². The van der Waals surface area contributed by atoms with Gasteiger partial charge in [-0.1, -0.05) is 30.3 Å². The number of carbonyl (C=O) groups is 2. The van der Waals surface area contributed by atoms with Crippen molar-refractivity contribution in [2.75, 3.05) is 13.2 Å². The maximum Gasteiger partial charge on any atom is 0.328 e. The number of aliphatic carboxylic acids is 1. The van der Waals surface area contributed by atoms with E-state index in [2.05, 4.69) is 0 Å². The molecule has 1 atom stereocenters. The summed E-state index contributed by atoms with van der Waals surface area (Å²) < 4.78 is 5.15. The summed E-state index contributed by atoms with van der Waals surface area (Å²) in [5.41, 5.74) is 0.889. The summed E-state index contributed by atoms with van der Waals surface area (Å²) in [5.74, 6) is -1.34. The first-order valence-corrected chi connectivity index (χ1v) is 6.18. The van der Waals surface area contributed by atoms with Crippen LogP contribution in [0.3, 0.4) is 0 Å². The van der Waals surface area contributed by atoms with Gasteiger partial charge in [0.05, 0.1) is 6.61 Å². The van der Waals surface area contributed by atoms with E-state index in [-0.39, 0.29) is 19.1 Å². The van der Waals surface area contributed by atoms with Gasteiger partial charge in [0.25, 0.3) is 0 Å². The van der Waals surface area contributed by atoms with Gasteiger partial charge in [-0.2, -0.15) is 0 Å². The first-order valence-electron chi connectivity index (χ1n) is 6.18. The molecule has 1 aromatic carbocycles. The van der Waals surface area contributed by atoms with E-state index in [0.29, 0.717) is 6.61 Å². The Bertz CT molecular complexity index is 419. The van der Waals surface area contributed by atoms with Crippen LogP contribution in [0.5, 0.6) is 0 Å². The fourth-order valence-electron chi connectivity index (χ4n) is 1.75. The van der Waals surface area contributed by atoms with Gasteiger partial charge in [-0.3, -0.25) is 4.79 Å². The average Bonchev–Trinajstić information content (AvgIpc) is 2.38. The van der Waals surface area contributed by atoms with Gasteiger partial charge < -0.3 is 14.7 Å². The van der Waals surface area contributed by atoms with Gasteiger partial charge >= 0.3 is 5.97 Å². The molecule has 1 aromatic rings. The molecule has 0 bridgehead atoms. The predicted octanol–water partition coefficient (Wildman–Crippen LogP) is 1.52. The Hall–Kier alpha value is -1.88.